The van der Waals surface area contributed by atoms with Crippen molar-refractivity contribution in [1.82, 2.24) is 4.98 Å². The van der Waals surface area contributed by atoms with E-state index in [4.69, 9.17) is 9.47 Å². The van der Waals surface area contributed by atoms with Gasteiger partial charge in [-0.2, -0.15) is 5.26 Å². The highest BCUT2D eigenvalue weighted by molar-refractivity contribution is 7.13. The lowest BCUT2D eigenvalue weighted by Gasteiger charge is -2.02. The number of carbonyl (C=O) groups is 1. The predicted molar refractivity (Wildman–Crippen MR) is 105 cm³/mol. The second kappa shape index (κ2) is 8.30. The topological polar surface area (TPSA) is 72.2 Å². The molecule has 0 aliphatic carbocycles. The van der Waals surface area contributed by atoms with E-state index in [0.717, 1.165) is 16.3 Å². The Morgan fingerprint density at radius 1 is 1.11 bits per heavy atom. The molecule has 134 valence electrons. The van der Waals surface area contributed by atoms with Crippen LogP contribution in [-0.4, -0.2) is 25.0 Å². The van der Waals surface area contributed by atoms with Gasteiger partial charge in [0.1, 0.15) is 28.1 Å². The summed E-state index contributed by atoms with van der Waals surface area (Å²) in [6.45, 7) is 0. The van der Waals surface area contributed by atoms with Crippen LogP contribution >= 0.6 is 11.3 Å². The monoisotopic (exact) mass is 376 g/mol. The molecule has 2 aromatic carbocycles. The van der Waals surface area contributed by atoms with Crippen LogP contribution in [0.2, 0.25) is 0 Å². The number of hydrogen-bond donors (Lipinski definition) is 0. The number of ketones is 1. The summed E-state index contributed by atoms with van der Waals surface area (Å²) in [5.74, 6) is 1.04. The number of methoxy groups -OCH3 is 2. The average molecular weight is 376 g/mol. The van der Waals surface area contributed by atoms with Crippen LogP contribution in [0.1, 0.15) is 16.1 Å². The van der Waals surface area contributed by atoms with Gasteiger partial charge in [0.15, 0.2) is 0 Å². The highest BCUT2D eigenvalue weighted by Crippen LogP contribution is 2.27. The summed E-state index contributed by atoms with van der Waals surface area (Å²) in [4.78, 5) is 17.1. The summed E-state index contributed by atoms with van der Waals surface area (Å²) in [5.41, 5.74) is 1.93. The number of nitrogens with zero attached hydrogens (tertiary/aromatic N) is 2. The molecule has 0 fully saturated rings. The zero-order valence-electron chi connectivity index (χ0n) is 14.8. The van der Waals surface area contributed by atoms with Gasteiger partial charge in [0, 0.05) is 16.5 Å². The Balaban J connectivity index is 1.86. The van der Waals surface area contributed by atoms with Crippen LogP contribution in [0, 0.1) is 11.3 Å². The Hall–Kier alpha value is -3.43. The highest BCUT2D eigenvalue weighted by Gasteiger charge is 2.13. The molecule has 0 aliphatic rings. The number of rotatable bonds is 6. The Morgan fingerprint density at radius 2 is 1.85 bits per heavy atom. The van der Waals surface area contributed by atoms with Crippen molar-refractivity contribution in [1.29, 1.82) is 5.26 Å². The minimum absolute atomic E-state index is 0.0302. The van der Waals surface area contributed by atoms with Gasteiger partial charge in [-0.15, -0.1) is 11.3 Å². The third-order valence-corrected chi connectivity index (χ3v) is 4.76. The molecule has 0 amide bonds. The van der Waals surface area contributed by atoms with Crippen molar-refractivity contribution in [3.63, 3.8) is 0 Å². The summed E-state index contributed by atoms with van der Waals surface area (Å²) >= 11 is 1.44. The van der Waals surface area contributed by atoms with Crippen molar-refractivity contribution in [3.8, 4) is 28.1 Å². The number of hydrogen-bond acceptors (Lipinski definition) is 6. The van der Waals surface area contributed by atoms with Crippen molar-refractivity contribution >= 4 is 23.2 Å². The number of aromatic nitrogens is 1. The van der Waals surface area contributed by atoms with E-state index in [9.17, 15) is 10.1 Å². The summed E-state index contributed by atoms with van der Waals surface area (Å²) < 4.78 is 10.3. The van der Waals surface area contributed by atoms with E-state index in [2.05, 4.69) is 4.98 Å². The van der Waals surface area contributed by atoms with Crippen LogP contribution in [0.3, 0.4) is 0 Å². The molecule has 0 aliphatic heterocycles. The highest BCUT2D eigenvalue weighted by atomic mass is 32.1. The maximum atomic E-state index is 12.6. The maximum absolute atomic E-state index is 12.6. The first-order valence-electron chi connectivity index (χ1n) is 8.05. The lowest BCUT2D eigenvalue weighted by atomic mass is 10.0. The molecule has 0 bridgehead atoms. The van der Waals surface area contributed by atoms with E-state index >= 15 is 0 Å². The van der Waals surface area contributed by atoms with Crippen molar-refractivity contribution in [2.75, 3.05) is 14.2 Å². The molecule has 0 saturated carbocycles. The van der Waals surface area contributed by atoms with Crippen LogP contribution in [-0.2, 0) is 0 Å². The van der Waals surface area contributed by atoms with Gasteiger partial charge in [-0.25, -0.2) is 4.98 Å². The second-order valence-electron chi connectivity index (χ2n) is 5.54. The van der Waals surface area contributed by atoms with Crippen LogP contribution in [0.5, 0.6) is 11.5 Å². The van der Waals surface area contributed by atoms with Gasteiger partial charge in [0.2, 0.25) is 5.78 Å². The van der Waals surface area contributed by atoms with Crippen LogP contribution in [0.4, 0.5) is 0 Å². The van der Waals surface area contributed by atoms with Crippen LogP contribution in [0.15, 0.2) is 59.5 Å². The van der Waals surface area contributed by atoms with Gasteiger partial charge in [0.05, 0.1) is 19.9 Å². The van der Waals surface area contributed by atoms with Crippen molar-refractivity contribution < 1.29 is 14.3 Å². The fraction of sp³-hybridized carbons (Fsp3) is 0.0952. The standard InChI is InChI=1S/C21H16N2O3S/c1-25-18-8-6-14(7-9-18)20(24)16(12-22)10-17-13-27-21(23-17)15-4-3-5-19(11-15)26-2/h3-11,13H,1-2H3/b16-10+. The first kappa shape index (κ1) is 18.4. The lowest BCUT2D eigenvalue weighted by Crippen LogP contribution is -2.02. The third kappa shape index (κ3) is 4.22. The van der Waals surface area contributed by atoms with Crippen molar-refractivity contribution in [2.24, 2.45) is 0 Å². The molecule has 0 radical (unpaired) electrons. The van der Waals surface area contributed by atoms with E-state index in [1.165, 1.54) is 17.4 Å². The number of nitriles is 1. The molecule has 6 heteroatoms. The molecular weight excluding hydrogens is 360 g/mol. The third-order valence-electron chi connectivity index (χ3n) is 3.85. The van der Waals surface area contributed by atoms with E-state index in [-0.39, 0.29) is 11.4 Å². The minimum atomic E-state index is -0.351. The maximum Gasteiger partial charge on any atom is 0.203 e. The first-order valence-corrected chi connectivity index (χ1v) is 8.93. The molecule has 0 N–H and O–H groups in total. The minimum Gasteiger partial charge on any atom is -0.497 e. The van der Waals surface area contributed by atoms with Crippen molar-refractivity contribution in [3.05, 3.63) is 70.7 Å². The fourth-order valence-electron chi connectivity index (χ4n) is 2.44. The summed E-state index contributed by atoms with van der Waals surface area (Å²) in [7, 11) is 3.17. The molecule has 1 heterocycles. The van der Waals surface area contributed by atoms with Crippen LogP contribution < -0.4 is 9.47 Å². The Labute approximate surface area is 161 Å². The molecule has 0 unspecified atom stereocenters. The van der Waals surface area contributed by atoms with Gasteiger partial charge in [0.25, 0.3) is 0 Å². The number of carbonyl (C=O) groups excluding carboxylic acids is 1. The first-order chi connectivity index (χ1) is 13.1. The summed E-state index contributed by atoms with van der Waals surface area (Å²) in [6, 6.07) is 16.2. The van der Waals surface area contributed by atoms with Crippen LogP contribution in [0.25, 0.3) is 16.6 Å². The molecule has 0 saturated heterocycles. The van der Waals surface area contributed by atoms with Gasteiger partial charge in [-0.1, -0.05) is 12.1 Å². The predicted octanol–water partition coefficient (Wildman–Crippen LogP) is 4.62. The van der Waals surface area contributed by atoms with E-state index in [1.807, 2.05) is 35.7 Å². The summed E-state index contributed by atoms with van der Waals surface area (Å²) in [6.07, 6.45) is 1.51. The van der Waals surface area contributed by atoms with E-state index in [0.29, 0.717) is 17.0 Å². The number of ether oxygens (including phenoxy) is 2. The quantitative estimate of drug-likeness (QED) is 0.357. The summed E-state index contributed by atoms with van der Waals surface area (Å²) in [5, 5.41) is 12.0. The fourth-order valence-corrected chi connectivity index (χ4v) is 3.21. The Bertz CT molecular complexity index is 1030. The number of allylic oxidation sites excluding steroid dienone is 1. The molecule has 3 aromatic rings. The number of benzene rings is 2. The molecule has 5 nitrogen and oxygen atoms in total. The molecule has 0 spiro atoms. The number of thiazole rings is 1. The van der Waals surface area contributed by atoms with Gasteiger partial charge < -0.3 is 9.47 Å². The van der Waals surface area contributed by atoms with Crippen molar-refractivity contribution in [2.45, 2.75) is 0 Å². The number of Topliss-reactive ketones (excluding diaryl/α,β-unsaturated/α-hetero) is 1. The average Bonchev–Trinajstić information content (AvgIpc) is 3.20. The Morgan fingerprint density at radius 3 is 2.52 bits per heavy atom. The normalized spacial score (nSPS) is 10.9. The molecular formula is C21H16N2O3S. The zero-order valence-corrected chi connectivity index (χ0v) is 15.6. The largest absolute Gasteiger partial charge is 0.497 e. The Kier molecular flexibility index (Phi) is 5.64. The van der Waals surface area contributed by atoms with E-state index < -0.39 is 0 Å². The second-order valence-corrected chi connectivity index (χ2v) is 6.40. The lowest BCUT2D eigenvalue weighted by molar-refractivity contribution is 0.104. The van der Waals surface area contributed by atoms with Gasteiger partial charge in [-0.3, -0.25) is 4.79 Å². The van der Waals surface area contributed by atoms with E-state index in [1.54, 1.807) is 38.5 Å². The SMILES string of the molecule is COc1ccc(C(=O)/C(C#N)=C/c2csc(-c3cccc(OC)c3)n2)cc1. The van der Waals surface area contributed by atoms with Gasteiger partial charge in [-0.05, 0) is 42.5 Å². The molecule has 0 atom stereocenters. The molecule has 27 heavy (non-hydrogen) atoms. The van der Waals surface area contributed by atoms with Gasteiger partial charge >= 0.3 is 0 Å². The smallest absolute Gasteiger partial charge is 0.203 e. The molecule has 1 aromatic heterocycles. The zero-order chi connectivity index (χ0) is 19.2. The molecule has 3 rings (SSSR count).